The molecule has 0 saturated heterocycles. The number of hydrogen-bond acceptors (Lipinski definition) is 2. The summed E-state index contributed by atoms with van der Waals surface area (Å²) in [5.74, 6) is 0.417. The van der Waals surface area contributed by atoms with Crippen molar-refractivity contribution >= 4 is 41.5 Å². The smallest absolute Gasteiger partial charge is 0.222 e. The topological polar surface area (TPSA) is 79.5 Å². The minimum Gasteiger partial charge on any atom is -0.370 e. The molecule has 0 atom stereocenters. The first kappa shape index (κ1) is 20.7. The Balaban J connectivity index is 0.00000288. The van der Waals surface area contributed by atoms with Gasteiger partial charge < -0.3 is 16.4 Å². The Kier molecular flexibility index (Phi) is 9.75. The number of halogens is 1. The van der Waals surface area contributed by atoms with Gasteiger partial charge in [0, 0.05) is 18.2 Å². The van der Waals surface area contributed by atoms with Gasteiger partial charge in [0.25, 0.3) is 0 Å². The zero-order valence-corrected chi connectivity index (χ0v) is 16.7. The molecule has 1 aliphatic carbocycles. The summed E-state index contributed by atoms with van der Waals surface area (Å²) in [6.45, 7) is 2.53. The van der Waals surface area contributed by atoms with E-state index in [9.17, 15) is 4.79 Å². The highest BCUT2D eigenvalue weighted by molar-refractivity contribution is 14.0. The van der Waals surface area contributed by atoms with Crippen molar-refractivity contribution in [1.82, 2.24) is 5.32 Å². The fraction of sp³-hybridized carbons (Fsp3) is 0.556. The number of carbonyl (C=O) groups is 1. The van der Waals surface area contributed by atoms with E-state index in [0.29, 0.717) is 25.0 Å². The molecule has 0 spiro atoms. The first-order chi connectivity index (χ1) is 11.2. The van der Waals surface area contributed by atoms with Crippen LogP contribution < -0.4 is 16.4 Å². The molecule has 0 aromatic heterocycles. The van der Waals surface area contributed by atoms with Crippen LogP contribution in [-0.2, 0) is 11.2 Å². The van der Waals surface area contributed by atoms with Crippen LogP contribution in [0.4, 0.5) is 5.69 Å². The van der Waals surface area contributed by atoms with Gasteiger partial charge in [-0.05, 0) is 37.0 Å². The number of aliphatic imine (C=N–C) groups is 1. The highest BCUT2D eigenvalue weighted by atomic mass is 127. The first-order valence-electron chi connectivity index (χ1n) is 8.62. The van der Waals surface area contributed by atoms with Crippen LogP contribution in [0.1, 0.15) is 51.0 Å². The number of rotatable bonds is 6. The van der Waals surface area contributed by atoms with Crippen molar-refractivity contribution in [1.29, 1.82) is 0 Å². The fourth-order valence-electron chi connectivity index (χ4n) is 2.84. The van der Waals surface area contributed by atoms with Crippen LogP contribution in [0.2, 0.25) is 0 Å². The molecule has 0 heterocycles. The molecule has 134 valence electrons. The molecule has 0 bridgehead atoms. The van der Waals surface area contributed by atoms with Crippen molar-refractivity contribution in [3.63, 3.8) is 0 Å². The van der Waals surface area contributed by atoms with Gasteiger partial charge in [0.1, 0.15) is 0 Å². The molecule has 1 aromatic rings. The number of guanidine groups is 1. The average molecular weight is 444 g/mol. The number of anilines is 1. The van der Waals surface area contributed by atoms with Crippen LogP contribution >= 0.6 is 24.0 Å². The molecule has 0 unspecified atom stereocenters. The lowest BCUT2D eigenvalue weighted by molar-refractivity contribution is -0.121. The van der Waals surface area contributed by atoms with E-state index in [1.54, 1.807) is 0 Å². The van der Waals surface area contributed by atoms with Crippen LogP contribution in [0.25, 0.3) is 0 Å². The number of nitrogens with one attached hydrogen (secondary N) is 2. The molecule has 0 radical (unpaired) electrons. The molecule has 0 aliphatic heterocycles. The van der Waals surface area contributed by atoms with Gasteiger partial charge in [-0.1, -0.05) is 38.3 Å². The number of carbonyl (C=O) groups excluding carboxylic acids is 1. The highest BCUT2D eigenvalue weighted by Crippen LogP contribution is 2.17. The number of hydrogen-bond donors (Lipinski definition) is 3. The van der Waals surface area contributed by atoms with Crippen molar-refractivity contribution in [3.05, 3.63) is 29.8 Å². The van der Waals surface area contributed by atoms with Gasteiger partial charge in [-0.25, -0.2) is 0 Å². The Labute approximate surface area is 161 Å². The minimum atomic E-state index is 0. The van der Waals surface area contributed by atoms with Gasteiger partial charge in [-0.3, -0.25) is 9.79 Å². The molecule has 1 saturated carbocycles. The molecule has 1 aromatic carbocycles. The van der Waals surface area contributed by atoms with E-state index in [4.69, 9.17) is 5.73 Å². The van der Waals surface area contributed by atoms with E-state index in [-0.39, 0.29) is 29.9 Å². The van der Waals surface area contributed by atoms with Crippen molar-refractivity contribution in [2.75, 3.05) is 11.9 Å². The summed E-state index contributed by atoms with van der Waals surface area (Å²) in [4.78, 5) is 16.1. The van der Waals surface area contributed by atoms with E-state index in [1.807, 2.05) is 12.1 Å². The molecule has 4 N–H and O–H groups in total. The van der Waals surface area contributed by atoms with E-state index in [1.165, 1.54) is 24.8 Å². The molecule has 1 fully saturated rings. The highest BCUT2D eigenvalue weighted by Gasteiger charge is 2.15. The molecule has 1 aliphatic rings. The second-order valence-electron chi connectivity index (χ2n) is 6.09. The van der Waals surface area contributed by atoms with Crippen LogP contribution in [0, 0.1) is 0 Å². The third-order valence-electron chi connectivity index (χ3n) is 4.23. The molecular formula is C18H29IN4O. The zero-order chi connectivity index (χ0) is 16.5. The van der Waals surface area contributed by atoms with Crippen molar-refractivity contribution in [3.8, 4) is 0 Å². The maximum absolute atomic E-state index is 11.9. The maximum Gasteiger partial charge on any atom is 0.222 e. The second kappa shape index (κ2) is 11.3. The van der Waals surface area contributed by atoms with E-state index < -0.39 is 0 Å². The Morgan fingerprint density at radius 2 is 1.88 bits per heavy atom. The Hall–Kier alpha value is -1.31. The zero-order valence-electron chi connectivity index (χ0n) is 14.4. The van der Waals surface area contributed by atoms with E-state index in [0.717, 1.165) is 24.9 Å². The molecule has 24 heavy (non-hydrogen) atoms. The Morgan fingerprint density at radius 3 is 2.50 bits per heavy atom. The SMILES string of the molecule is CCc1ccc(NC(N)=NCCC(=O)NC2CCCCC2)cc1.I. The lowest BCUT2D eigenvalue weighted by atomic mass is 9.95. The Morgan fingerprint density at radius 1 is 1.21 bits per heavy atom. The minimum absolute atomic E-state index is 0. The predicted octanol–water partition coefficient (Wildman–Crippen LogP) is 3.43. The largest absolute Gasteiger partial charge is 0.370 e. The van der Waals surface area contributed by atoms with Gasteiger partial charge in [0.2, 0.25) is 5.91 Å². The summed E-state index contributed by atoms with van der Waals surface area (Å²) >= 11 is 0. The fourth-order valence-corrected chi connectivity index (χ4v) is 2.84. The molecule has 1 amide bonds. The molecular weight excluding hydrogens is 415 g/mol. The normalized spacial score (nSPS) is 15.5. The summed E-state index contributed by atoms with van der Waals surface area (Å²) < 4.78 is 0. The van der Waals surface area contributed by atoms with E-state index >= 15 is 0 Å². The maximum atomic E-state index is 11.9. The number of aryl methyl sites for hydroxylation is 1. The third kappa shape index (κ3) is 7.51. The standard InChI is InChI=1S/C18H28N4O.HI/c1-2-14-8-10-16(11-9-14)22-18(19)20-13-12-17(23)21-15-6-4-3-5-7-15;/h8-11,15H,2-7,12-13H2,1H3,(H,21,23)(H3,19,20,22);1H. The molecule has 6 heteroatoms. The lowest BCUT2D eigenvalue weighted by Gasteiger charge is -2.22. The van der Waals surface area contributed by atoms with Crippen molar-refractivity contribution < 1.29 is 4.79 Å². The van der Waals surface area contributed by atoms with Crippen LogP contribution in [0.15, 0.2) is 29.3 Å². The summed E-state index contributed by atoms with van der Waals surface area (Å²) in [5.41, 5.74) is 8.05. The van der Waals surface area contributed by atoms with Gasteiger partial charge >= 0.3 is 0 Å². The van der Waals surface area contributed by atoms with Gasteiger partial charge in [0.05, 0.1) is 6.54 Å². The Bertz CT molecular complexity index is 524. The average Bonchev–Trinajstić information content (AvgIpc) is 2.56. The summed E-state index contributed by atoms with van der Waals surface area (Å²) in [7, 11) is 0. The monoisotopic (exact) mass is 444 g/mol. The summed E-state index contributed by atoms with van der Waals surface area (Å²) in [5, 5.41) is 6.13. The van der Waals surface area contributed by atoms with Crippen molar-refractivity contribution in [2.24, 2.45) is 10.7 Å². The number of nitrogens with zero attached hydrogens (tertiary/aromatic N) is 1. The van der Waals surface area contributed by atoms with Gasteiger partial charge in [-0.15, -0.1) is 24.0 Å². The van der Waals surface area contributed by atoms with E-state index in [2.05, 4.69) is 34.7 Å². The number of benzene rings is 1. The van der Waals surface area contributed by atoms with Crippen LogP contribution in [0.5, 0.6) is 0 Å². The number of amides is 1. The lowest BCUT2D eigenvalue weighted by Crippen LogP contribution is -2.36. The summed E-state index contributed by atoms with van der Waals surface area (Å²) in [6, 6.07) is 8.45. The molecule has 2 rings (SSSR count). The quantitative estimate of drug-likeness (QED) is 0.357. The predicted molar refractivity (Wildman–Crippen MR) is 111 cm³/mol. The van der Waals surface area contributed by atoms with Crippen molar-refractivity contribution in [2.45, 2.75) is 57.9 Å². The van der Waals surface area contributed by atoms with Gasteiger partial charge in [0.15, 0.2) is 5.96 Å². The van der Waals surface area contributed by atoms with Gasteiger partial charge in [-0.2, -0.15) is 0 Å². The summed E-state index contributed by atoms with van der Waals surface area (Å²) in [6.07, 6.45) is 7.33. The first-order valence-corrected chi connectivity index (χ1v) is 8.62. The van der Waals surface area contributed by atoms with Crippen LogP contribution in [-0.4, -0.2) is 24.5 Å². The molecule has 5 nitrogen and oxygen atoms in total. The number of nitrogens with two attached hydrogens (primary N) is 1. The third-order valence-corrected chi connectivity index (χ3v) is 4.23. The second-order valence-corrected chi connectivity index (χ2v) is 6.09. The van der Waals surface area contributed by atoms with Crippen LogP contribution in [0.3, 0.4) is 0 Å².